The summed E-state index contributed by atoms with van der Waals surface area (Å²) in [6, 6.07) is 7.92. The number of rotatable bonds is 4. The minimum atomic E-state index is -0.230. The largest absolute Gasteiger partial charge is 0.484 e. The van der Waals surface area contributed by atoms with Gasteiger partial charge in [-0.1, -0.05) is 0 Å². The van der Waals surface area contributed by atoms with E-state index in [0.29, 0.717) is 0 Å². The van der Waals surface area contributed by atoms with Crippen molar-refractivity contribution in [3.8, 4) is 5.75 Å². The number of nitrogens with zero attached hydrogens (tertiary/aromatic N) is 1. The zero-order valence-corrected chi connectivity index (χ0v) is 13.1. The Morgan fingerprint density at radius 3 is 2.43 bits per heavy atom. The molecule has 21 heavy (non-hydrogen) atoms. The molecule has 2 N–H and O–H groups in total. The minimum Gasteiger partial charge on any atom is -0.484 e. The van der Waals surface area contributed by atoms with Crippen LogP contribution in [-0.2, 0) is 4.79 Å². The quantitative estimate of drug-likeness (QED) is 0.880. The first-order chi connectivity index (χ1) is 9.94. The van der Waals surface area contributed by atoms with Gasteiger partial charge in [-0.05, 0) is 45.0 Å². The van der Waals surface area contributed by atoms with E-state index in [2.05, 4.69) is 15.5 Å². The Morgan fingerprint density at radius 1 is 1.24 bits per heavy atom. The standard InChI is InChI=1S/C16H25N3O2/c1-16(2,3)18-15(20)12-21-14-6-4-13(5-7-14)19-10-8-17-9-11-19/h4-7,17H,8-12H2,1-3H3,(H,18,20). The summed E-state index contributed by atoms with van der Waals surface area (Å²) in [6.07, 6.45) is 0. The van der Waals surface area contributed by atoms with E-state index >= 15 is 0 Å². The van der Waals surface area contributed by atoms with Crippen LogP contribution in [-0.4, -0.2) is 44.2 Å². The molecule has 0 radical (unpaired) electrons. The average Bonchev–Trinajstić information content (AvgIpc) is 2.45. The molecular weight excluding hydrogens is 266 g/mol. The Balaban J connectivity index is 1.83. The van der Waals surface area contributed by atoms with Crippen molar-refractivity contribution in [2.24, 2.45) is 0 Å². The van der Waals surface area contributed by atoms with E-state index in [1.807, 2.05) is 45.0 Å². The van der Waals surface area contributed by atoms with Crippen molar-refractivity contribution in [3.05, 3.63) is 24.3 Å². The number of amides is 1. The van der Waals surface area contributed by atoms with Crippen molar-refractivity contribution < 1.29 is 9.53 Å². The van der Waals surface area contributed by atoms with E-state index in [1.165, 1.54) is 5.69 Å². The first-order valence-corrected chi connectivity index (χ1v) is 7.44. The van der Waals surface area contributed by atoms with Gasteiger partial charge >= 0.3 is 0 Å². The van der Waals surface area contributed by atoms with Crippen molar-refractivity contribution in [3.63, 3.8) is 0 Å². The normalized spacial score (nSPS) is 15.7. The van der Waals surface area contributed by atoms with Gasteiger partial charge in [0.2, 0.25) is 0 Å². The van der Waals surface area contributed by atoms with Gasteiger partial charge in [0, 0.05) is 37.4 Å². The Kier molecular flexibility index (Phi) is 5.07. The molecule has 1 aliphatic heterocycles. The molecule has 0 spiro atoms. The Bertz CT molecular complexity index is 459. The van der Waals surface area contributed by atoms with Gasteiger partial charge in [0.1, 0.15) is 5.75 Å². The first-order valence-electron chi connectivity index (χ1n) is 7.44. The summed E-state index contributed by atoms with van der Waals surface area (Å²) < 4.78 is 5.51. The Morgan fingerprint density at radius 2 is 1.86 bits per heavy atom. The zero-order valence-electron chi connectivity index (χ0n) is 13.1. The fourth-order valence-corrected chi connectivity index (χ4v) is 2.28. The second-order valence-corrected chi connectivity index (χ2v) is 6.32. The predicted molar refractivity (Wildman–Crippen MR) is 84.9 cm³/mol. The molecule has 2 rings (SSSR count). The monoisotopic (exact) mass is 291 g/mol. The number of nitrogens with one attached hydrogen (secondary N) is 2. The van der Waals surface area contributed by atoms with Crippen LogP contribution in [0, 0.1) is 0 Å². The molecule has 0 bridgehead atoms. The van der Waals surface area contributed by atoms with Gasteiger partial charge in [0.25, 0.3) is 5.91 Å². The molecule has 1 fully saturated rings. The fraction of sp³-hybridized carbons (Fsp3) is 0.562. The maximum Gasteiger partial charge on any atom is 0.258 e. The lowest BCUT2D eigenvalue weighted by molar-refractivity contribution is -0.124. The van der Waals surface area contributed by atoms with E-state index in [9.17, 15) is 4.79 Å². The lowest BCUT2D eigenvalue weighted by Crippen LogP contribution is -2.43. The number of benzene rings is 1. The van der Waals surface area contributed by atoms with Crippen LogP contribution in [0.25, 0.3) is 0 Å². The number of piperazine rings is 1. The molecule has 1 amide bonds. The number of carbonyl (C=O) groups is 1. The van der Waals surface area contributed by atoms with Crippen molar-refractivity contribution in [2.75, 3.05) is 37.7 Å². The molecule has 1 saturated heterocycles. The lowest BCUT2D eigenvalue weighted by atomic mass is 10.1. The highest BCUT2D eigenvalue weighted by Gasteiger charge is 2.14. The van der Waals surface area contributed by atoms with Gasteiger partial charge in [-0.15, -0.1) is 0 Å². The zero-order chi connectivity index (χ0) is 15.3. The summed E-state index contributed by atoms with van der Waals surface area (Å²) in [4.78, 5) is 14.0. The van der Waals surface area contributed by atoms with Crippen LogP contribution in [0.5, 0.6) is 5.75 Å². The summed E-state index contributed by atoms with van der Waals surface area (Å²) in [5, 5.41) is 6.21. The van der Waals surface area contributed by atoms with Gasteiger partial charge in [-0.25, -0.2) is 0 Å². The van der Waals surface area contributed by atoms with Crippen LogP contribution in [0.4, 0.5) is 5.69 Å². The first kappa shape index (κ1) is 15.6. The van der Waals surface area contributed by atoms with Crippen LogP contribution < -0.4 is 20.3 Å². The van der Waals surface area contributed by atoms with Crippen LogP contribution >= 0.6 is 0 Å². The molecule has 1 aromatic carbocycles. The van der Waals surface area contributed by atoms with E-state index in [4.69, 9.17) is 4.74 Å². The highest BCUT2D eigenvalue weighted by molar-refractivity contribution is 5.78. The predicted octanol–water partition coefficient (Wildman–Crippen LogP) is 1.39. The molecular formula is C16H25N3O2. The highest BCUT2D eigenvalue weighted by Crippen LogP contribution is 2.19. The fourth-order valence-electron chi connectivity index (χ4n) is 2.28. The highest BCUT2D eigenvalue weighted by atomic mass is 16.5. The third kappa shape index (κ3) is 5.27. The molecule has 0 aliphatic carbocycles. The van der Waals surface area contributed by atoms with Crippen molar-refractivity contribution in [1.29, 1.82) is 0 Å². The summed E-state index contributed by atoms with van der Waals surface area (Å²) in [5.74, 6) is 0.617. The number of anilines is 1. The molecule has 1 heterocycles. The van der Waals surface area contributed by atoms with Crippen molar-refractivity contribution in [2.45, 2.75) is 26.3 Å². The van der Waals surface area contributed by atoms with E-state index < -0.39 is 0 Å². The molecule has 5 nitrogen and oxygen atoms in total. The number of hydrogen-bond donors (Lipinski definition) is 2. The SMILES string of the molecule is CC(C)(C)NC(=O)COc1ccc(N2CCNCC2)cc1. The summed E-state index contributed by atoms with van der Waals surface area (Å²) >= 11 is 0. The molecule has 0 atom stereocenters. The van der Waals surface area contributed by atoms with Gasteiger partial charge < -0.3 is 20.3 Å². The lowest BCUT2D eigenvalue weighted by Gasteiger charge is -2.29. The third-order valence-corrected chi connectivity index (χ3v) is 3.20. The van der Waals surface area contributed by atoms with Crippen LogP contribution in [0.2, 0.25) is 0 Å². The Labute approximate surface area is 126 Å². The topological polar surface area (TPSA) is 53.6 Å². The minimum absolute atomic E-state index is 0.0459. The maximum absolute atomic E-state index is 11.7. The molecule has 1 aliphatic rings. The van der Waals surface area contributed by atoms with Crippen LogP contribution in [0.15, 0.2) is 24.3 Å². The number of ether oxygens (including phenoxy) is 1. The van der Waals surface area contributed by atoms with Crippen molar-refractivity contribution >= 4 is 11.6 Å². The molecule has 0 saturated carbocycles. The van der Waals surface area contributed by atoms with E-state index in [0.717, 1.165) is 31.9 Å². The second kappa shape index (κ2) is 6.80. The van der Waals surface area contributed by atoms with Crippen molar-refractivity contribution in [1.82, 2.24) is 10.6 Å². The van der Waals surface area contributed by atoms with Gasteiger partial charge in [0.15, 0.2) is 6.61 Å². The molecule has 5 heteroatoms. The summed E-state index contributed by atoms with van der Waals surface area (Å²) in [7, 11) is 0. The summed E-state index contributed by atoms with van der Waals surface area (Å²) in [6.45, 7) is 9.98. The molecule has 0 unspecified atom stereocenters. The van der Waals surface area contributed by atoms with Crippen LogP contribution in [0.3, 0.4) is 0 Å². The smallest absolute Gasteiger partial charge is 0.258 e. The third-order valence-electron chi connectivity index (χ3n) is 3.20. The van der Waals surface area contributed by atoms with Gasteiger partial charge in [0.05, 0.1) is 0 Å². The molecule has 1 aromatic rings. The number of hydrogen-bond acceptors (Lipinski definition) is 4. The number of carbonyl (C=O) groups excluding carboxylic acids is 1. The molecule has 116 valence electrons. The Hall–Kier alpha value is -1.75. The maximum atomic E-state index is 11.7. The van der Waals surface area contributed by atoms with E-state index in [1.54, 1.807) is 0 Å². The molecule has 0 aromatic heterocycles. The van der Waals surface area contributed by atoms with Gasteiger partial charge in [-0.3, -0.25) is 4.79 Å². The van der Waals surface area contributed by atoms with E-state index in [-0.39, 0.29) is 18.1 Å². The average molecular weight is 291 g/mol. The second-order valence-electron chi connectivity index (χ2n) is 6.32. The van der Waals surface area contributed by atoms with Crippen LogP contribution in [0.1, 0.15) is 20.8 Å². The van der Waals surface area contributed by atoms with Gasteiger partial charge in [-0.2, -0.15) is 0 Å². The summed E-state index contributed by atoms with van der Waals surface area (Å²) in [5.41, 5.74) is 0.968.